The van der Waals surface area contributed by atoms with Crippen LogP contribution in [-0.4, -0.2) is 51.9 Å². The van der Waals surface area contributed by atoms with Crippen LogP contribution in [0.1, 0.15) is 27.3 Å². The summed E-state index contributed by atoms with van der Waals surface area (Å²) in [4.78, 5) is 25.8. The van der Waals surface area contributed by atoms with E-state index in [4.69, 9.17) is 11.6 Å². The quantitative estimate of drug-likeness (QED) is 0.626. The van der Waals surface area contributed by atoms with Gasteiger partial charge in [-0.15, -0.1) is 0 Å². The number of halogens is 3. The summed E-state index contributed by atoms with van der Waals surface area (Å²) < 4.78 is 27.4. The van der Waals surface area contributed by atoms with E-state index in [0.717, 1.165) is 5.56 Å². The first kappa shape index (κ1) is 20.6. The molecule has 30 heavy (non-hydrogen) atoms. The maximum atomic E-state index is 14.1. The van der Waals surface area contributed by atoms with E-state index in [1.54, 1.807) is 17.9 Å². The minimum Gasteiger partial charge on any atom is -0.336 e. The third-order valence-corrected chi connectivity index (χ3v) is 5.80. The van der Waals surface area contributed by atoms with Crippen LogP contribution in [0.2, 0.25) is 5.02 Å². The second-order valence-corrected chi connectivity index (χ2v) is 7.93. The van der Waals surface area contributed by atoms with Gasteiger partial charge in [0.05, 0.1) is 22.5 Å². The number of aryl methyl sites for hydroxylation is 2. The molecule has 0 saturated carbocycles. The second kappa shape index (κ2) is 8.24. The highest BCUT2D eigenvalue weighted by Gasteiger charge is 2.25. The van der Waals surface area contributed by atoms with Gasteiger partial charge in [-0.05, 0) is 37.6 Å². The van der Waals surface area contributed by atoms with E-state index in [0.29, 0.717) is 60.2 Å². The first-order chi connectivity index (χ1) is 14.3. The van der Waals surface area contributed by atoms with Crippen LogP contribution in [0.4, 0.5) is 8.78 Å². The highest BCUT2D eigenvalue weighted by atomic mass is 35.5. The van der Waals surface area contributed by atoms with E-state index in [9.17, 15) is 13.6 Å². The Bertz CT molecular complexity index is 1130. The molecule has 8 heteroatoms. The molecular weight excluding hydrogens is 410 g/mol. The van der Waals surface area contributed by atoms with E-state index in [2.05, 4.69) is 14.9 Å². The Balaban J connectivity index is 1.50. The van der Waals surface area contributed by atoms with Gasteiger partial charge in [0, 0.05) is 43.8 Å². The summed E-state index contributed by atoms with van der Waals surface area (Å²) in [6.07, 6.45) is 0. The van der Waals surface area contributed by atoms with Gasteiger partial charge in [-0.2, -0.15) is 0 Å². The van der Waals surface area contributed by atoms with Gasteiger partial charge in [0.25, 0.3) is 5.91 Å². The molecule has 2 heterocycles. The Morgan fingerprint density at radius 2 is 1.70 bits per heavy atom. The van der Waals surface area contributed by atoms with Crippen LogP contribution in [0.5, 0.6) is 0 Å². The normalized spacial score (nSPS) is 15.0. The van der Waals surface area contributed by atoms with Gasteiger partial charge in [0.2, 0.25) is 0 Å². The van der Waals surface area contributed by atoms with Gasteiger partial charge in [0.1, 0.15) is 17.2 Å². The van der Waals surface area contributed by atoms with Crippen LogP contribution in [0.3, 0.4) is 0 Å². The van der Waals surface area contributed by atoms with Crippen molar-refractivity contribution in [2.24, 2.45) is 0 Å². The number of carbonyl (C=O) groups excluding carboxylic acids is 1. The molecular formula is C22H21ClF2N4O. The molecule has 0 atom stereocenters. The van der Waals surface area contributed by atoms with Gasteiger partial charge >= 0.3 is 0 Å². The van der Waals surface area contributed by atoms with Gasteiger partial charge in [-0.1, -0.05) is 17.7 Å². The van der Waals surface area contributed by atoms with Crippen LogP contribution in [0.15, 0.2) is 30.3 Å². The lowest BCUT2D eigenvalue weighted by Crippen LogP contribution is -2.48. The summed E-state index contributed by atoms with van der Waals surface area (Å²) in [5, 5.41) is 0.393. The number of rotatable bonds is 3. The number of piperazine rings is 1. The zero-order chi connectivity index (χ0) is 21.4. The number of nitrogens with zero attached hydrogens (tertiary/aromatic N) is 4. The monoisotopic (exact) mass is 430 g/mol. The van der Waals surface area contributed by atoms with Crippen molar-refractivity contribution in [3.63, 3.8) is 0 Å². The summed E-state index contributed by atoms with van der Waals surface area (Å²) in [5.41, 5.74) is 3.30. The van der Waals surface area contributed by atoms with Crippen molar-refractivity contribution in [2.75, 3.05) is 26.2 Å². The molecule has 1 aromatic heterocycles. The number of benzene rings is 2. The summed E-state index contributed by atoms with van der Waals surface area (Å²) in [6.45, 7) is 6.46. The van der Waals surface area contributed by atoms with E-state index in [1.807, 2.05) is 6.92 Å². The van der Waals surface area contributed by atoms with Crippen molar-refractivity contribution >= 4 is 28.5 Å². The van der Waals surface area contributed by atoms with Crippen LogP contribution < -0.4 is 0 Å². The molecule has 0 radical (unpaired) electrons. The molecule has 1 aliphatic rings. The Morgan fingerprint density at radius 3 is 2.40 bits per heavy atom. The van der Waals surface area contributed by atoms with Gasteiger partial charge < -0.3 is 4.90 Å². The molecule has 0 bridgehead atoms. The van der Waals surface area contributed by atoms with E-state index < -0.39 is 5.82 Å². The maximum Gasteiger partial charge on any atom is 0.256 e. The van der Waals surface area contributed by atoms with E-state index >= 15 is 0 Å². The average molecular weight is 431 g/mol. The van der Waals surface area contributed by atoms with Crippen LogP contribution in [0, 0.1) is 25.5 Å². The number of carbonyl (C=O) groups is 1. The third kappa shape index (κ3) is 4.13. The highest BCUT2D eigenvalue weighted by molar-refractivity contribution is 6.31. The van der Waals surface area contributed by atoms with Gasteiger partial charge in [-0.3, -0.25) is 9.69 Å². The number of hydrogen-bond acceptors (Lipinski definition) is 4. The minimum absolute atomic E-state index is 0.232. The maximum absolute atomic E-state index is 14.1. The molecule has 3 aromatic rings. The average Bonchev–Trinajstić information content (AvgIpc) is 2.71. The van der Waals surface area contributed by atoms with Crippen LogP contribution in [-0.2, 0) is 6.54 Å². The largest absolute Gasteiger partial charge is 0.336 e. The molecule has 2 aromatic carbocycles. The molecule has 1 aliphatic heterocycles. The topological polar surface area (TPSA) is 49.3 Å². The first-order valence-corrected chi connectivity index (χ1v) is 10.1. The fourth-order valence-electron chi connectivity index (χ4n) is 3.63. The van der Waals surface area contributed by atoms with Crippen molar-refractivity contribution in [1.29, 1.82) is 0 Å². The van der Waals surface area contributed by atoms with Crippen molar-refractivity contribution in [2.45, 2.75) is 20.4 Å². The van der Waals surface area contributed by atoms with Crippen LogP contribution >= 0.6 is 11.6 Å². The summed E-state index contributed by atoms with van der Waals surface area (Å²) in [7, 11) is 0. The third-order valence-electron chi connectivity index (χ3n) is 5.44. The molecule has 1 saturated heterocycles. The molecule has 4 rings (SSSR count). The summed E-state index contributed by atoms with van der Waals surface area (Å²) in [6, 6.07) is 6.91. The van der Waals surface area contributed by atoms with Crippen molar-refractivity contribution < 1.29 is 13.6 Å². The Morgan fingerprint density at radius 1 is 1.00 bits per heavy atom. The van der Waals surface area contributed by atoms with Crippen LogP contribution in [0.25, 0.3) is 11.0 Å². The second-order valence-electron chi connectivity index (χ2n) is 7.52. The predicted octanol–water partition coefficient (Wildman–Crippen LogP) is 4.14. The zero-order valence-corrected chi connectivity index (χ0v) is 17.5. The fraction of sp³-hybridized carbons (Fsp3) is 0.318. The van der Waals surface area contributed by atoms with Crippen molar-refractivity contribution in [3.05, 3.63) is 69.5 Å². The molecule has 0 unspecified atom stereocenters. The summed E-state index contributed by atoms with van der Waals surface area (Å²) >= 11 is 6.12. The van der Waals surface area contributed by atoms with Gasteiger partial charge in [0.15, 0.2) is 0 Å². The molecule has 0 aliphatic carbocycles. The Labute approximate surface area is 178 Å². The standard InChI is InChI=1S/C22H21ClF2N4O/c1-13-14(2)27-21-18(9-17(25)11-20(21)26-13)22(30)29-7-5-28(6-8-29)12-15-3-4-16(24)10-19(15)23/h3-4,9-11H,5-8,12H2,1-2H3. The predicted molar refractivity (Wildman–Crippen MR) is 112 cm³/mol. The molecule has 0 spiro atoms. The minimum atomic E-state index is -0.506. The molecule has 1 amide bonds. The first-order valence-electron chi connectivity index (χ1n) is 9.72. The lowest BCUT2D eigenvalue weighted by Gasteiger charge is -2.35. The lowest BCUT2D eigenvalue weighted by atomic mass is 10.1. The zero-order valence-electron chi connectivity index (χ0n) is 16.8. The van der Waals surface area contributed by atoms with E-state index in [1.165, 1.54) is 24.3 Å². The summed E-state index contributed by atoms with van der Waals surface area (Å²) in [5.74, 6) is -1.13. The molecule has 1 fully saturated rings. The van der Waals surface area contributed by atoms with Crippen molar-refractivity contribution in [3.8, 4) is 0 Å². The lowest BCUT2D eigenvalue weighted by molar-refractivity contribution is 0.0629. The van der Waals surface area contributed by atoms with Crippen molar-refractivity contribution in [1.82, 2.24) is 19.8 Å². The Hall–Kier alpha value is -2.64. The molecule has 0 N–H and O–H groups in total. The Kier molecular flexibility index (Phi) is 5.66. The highest BCUT2D eigenvalue weighted by Crippen LogP contribution is 2.23. The number of amides is 1. The fourth-order valence-corrected chi connectivity index (χ4v) is 3.86. The molecule has 5 nitrogen and oxygen atoms in total. The smallest absolute Gasteiger partial charge is 0.256 e. The molecule has 156 valence electrons. The van der Waals surface area contributed by atoms with Gasteiger partial charge in [-0.25, -0.2) is 18.7 Å². The SMILES string of the molecule is Cc1nc2cc(F)cc(C(=O)N3CCN(Cc4ccc(F)cc4Cl)CC3)c2nc1C. The van der Waals surface area contributed by atoms with E-state index in [-0.39, 0.29) is 17.3 Å². The number of hydrogen-bond donors (Lipinski definition) is 0. The number of aromatic nitrogens is 2. The number of fused-ring (bicyclic) bond motifs is 1.